The van der Waals surface area contributed by atoms with Gasteiger partial charge in [0.05, 0.1) is 0 Å². The standard InChI is InChI=1S/C15H23NO2/c1-14(2,3)11-15(4,5)16-13(17)18-12-9-7-6-8-10-12/h6-10H,11H2,1-5H3,(H,16,17). The molecule has 0 aliphatic rings. The first kappa shape index (κ1) is 14.6. The molecule has 100 valence electrons. The highest BCUT2D eigenvalue weighted by Crippen LogP contribution is 2.26. The van der Waals surface area contributed by atoms with Crippen LogP contribution in [-0.2, 0) is 0 Å². The van der Waals surface area contributed by atoms with Crippen LogP contribution in [-0.4, -0.2) is 11.6 Å². The molecule has 3 heteroatoms. The molecule has 3 nitrogen and oxygen atoms in total. The largest absolute Gasteiger partial charge is 0.413 e. The van der Waals surface area contributed by atoms with Gasteiger partial charge < -0.3 is 10.1 Å². The molecule has 0 heterocycles. The molecule has 18 heavy (non-hydrogen) atoms. The van der Waals surface area contributed by atoms with Crippen LogP contribution in [0.25, 0.3) is 0 Å². The summed E-state index contributed by atoms with van der Waals surface area (Å²) in [6.45, 7) is 10.5. The number of ether oxygens (including phenoxy) is 1. The van der Waals surface area contributed by atoms with Crippen molar-refractivity contribution in [1.29, 1.82) is 0 Å². The number of hydrogen-bond donors (Lipinski definition) is 1. The summed E-state index contributed by atoms with van der Waals surface area (Å²) in [7, 11) is 0. The average molecular weight is 249 g/mol. The van der Waals surface area contributed by atoms with Gasteiger partial charge in [0, 0.05) is 5.54 Å². The van der Waals surface area contributed by atoms with Crippen LogP contribution in [0.3, 0.4) is 0 Å². The predicted molar refractivity (Wildman–Crippen MR) is 73.8 cm³/mol. The summed E-state index contributed by atoms with van der Waals surface area (Å²) in [6, 6.07) is 9.08. The van der Waals surface area contributed by atoms with E-state index in [9.17, 15) is 4.79 Å². The minimum atomic E-state index is -0.407. The Morgan fingerprint density at radius 2 is 1.67 bits per heavy atom. The zero-order valence-corrected chi connectivity index (χ0v) is 11.9. The van der Waals surface area contributed by atoms with Crippen molar-refractivity contribution >= 4 is 6.09 Å². The smallest absolute Gasteiger partial charge is 0.410 e. The number of carbonyl (C=O) groups is 1. The molecule has 0 spiro atoms. The SMILES string of the molecule is CC(C)(C)CC(C)(C)NC(=O)Oc1ccccc1. The van der Waals surface area contributed by atoms with E-state index < -0.39 is 6.09 Å². The van der Waals surface area contributed by atoms with Crippen LogP contribution in [0.2, 0.25) is 0 Å². The monoisotopic (exact) mass is 249 g/mol. The van der Waals surface area contributed by atoms with Crippen LogP contribution >= 0.6 is 0 Å². The number of benzene rings is 1. The van der Waals surface area contributed by atoms with Gasteiger partial charge in [-0.3, -0.25) is 0 Å². The number of rotatable bonds is 3. The Hall–Kier alpha value is -1.51. The van der Waals surface area contributed by atoms with Crippen molar-refractivity contribution in [2.45, 2.75) is 46.6 Å². The minimum Gasteiger partial charge on any atom is -0.410 e. The van der Waals surface area contributed by atoms with Crippen LogP contribution in [0.5, 0.6) is 5.75 Å². The lowest BCUT2D eigenvalue weighted by molar-refractivity contribution is 0.175. The van der Waals surface area contributed by atoms with E-state index in [2.05, 4.69) is 26.1 Å². The van der Waals surface area contributed by atoms with E-state index in [1.807, 2.05) is 32.0 Å². The second-order valence-corrected chi connectivity index (χ2v) is 6.45. The van der Waals surface area contributed by atoms with E-state index >= 15 is 0 Å². The fourth-order valence-corrected chi connectivity index (χ4v) is 2.27. The van der Waals surface area contributed by atoms with Crippen LogP contribution in [0.1, 0.15) is 41.0 Å². The van der Waals surface area contributed by atoms with Crippen molar-refractivity contribution < 1.29 is 9.53 Å². The van der Waals surface area contributed by atoms with Gasteiger partial charge in [0.2, 0.25) is 0 Å². The summed E-state index contributed by atoms with van der Waals surface area (Å²) >= 11 is 0. The molecule has 0 aromatic heterocycles. The van der Waals surface area contributed by atoms with Gasteiger partial charge in [-0.15, -0.1) is 0 Å². The molecular weight excluding hydrogens is 226 g/mol. The fourth-order valence-electron chi connectivity index (χ4n) is 2.27. The molecule has 0 saturated carbocycles. The maximum absolute atomic E-state index is 11.8. The van der Waals surface area contributed by atoms with E-state index in [-0.39, 0.29) is 11.0 Å². The molecule has 0 fully saturated rings. The number of nitrogens with one attached hydrogen (secondary N) is 1. The lowest BCUT2D eigenvalue weighted by Crippen LogP contribution is -2.47. The quantitative estimate of drug-likeness (QED) is 0.879. The van der Waals surface area contributed by atoms with Gasteiger partial charge in [0.1, 0.15) is 5.75 Å². The number of hydrogen-bond acceptors (Lipinski definition) is 2. The average Bonchev–Trinajstić information content (AvgIpc) is 2.13. The lowest BCUT2D eigenvalue weighted by Gasteiger charge is -2.32. The minimum absolute atomic E-state index is 0.156. The van der Waals surface area contributed by atoms with Crippen LogP contribution in [0.4, 0.5) is 4.79 Å². The Balaban J connectivity index is 2.54. The maximum atomic E-state index is 11.8. The topological polar surface area (TPSA) is 38.3 Å². The molecule has 1 N–H and O–H groups in total. The van der Waals surface area contributed by atoms with Gasteiger partial charge in [-0.05, 0) is 37.8 Å². The van der Waals surface area contributed by atoms with Gasteiger partial charge in [-0.25, -0.2) is 4.79 Å². The molecule has 0 radical (unpaired) electrons. The summed E-state index contributed by atoms with van der Waals surface area (Å²) in [5.41, 5.74) is -0.131. The third-order valence-electron chi connectivity index (χ3n) is 2.37. The van der Waals surface area contributed by atoms with Crippen molar-refractivity contribution in [2.75, 3.05) is 0 Å². The van der Waals surface area contributed by atoms with E-state index in [0.717, 1.165) is 6.42 Å². The summed E-state index contributed by atoms with van der Waals surface area (Å²) in [6.07, 6.45) is 0.472. The first-order valence-electron chi connectivity index (χ1n) is 6.23. The van der Waals surface area contributed by atoms with Crippen molar-refractivity contribution in [2.24, 2.45) is 5.41 Å². The molecule has 0 unspecified atom stereocenters. The van der Waals surface area contributed by atoms with Crippen molar-refractivity contribution in [3.63, 3.8) is 0 Å². The Morgan fingerprint density at radius 3 is 2.17 bits per heavy atom. The van der Waals surface area contributed by atoms with E-state index in [1.54, 1.807) is 12.1 Å². The van der Waals surface area contributed by atoms with Crippen LogP contribution < -0.4 is 10.1 Å². The Labute approximate surface area is 110 Å². The maximum Gasteiger partial charge on any atom is 0.413 e. The molecule has 0 saturated heterocycles. The molecular formula is C15H23NO2. The highest BCUT2D eigenvalue weighted by molar-refractivity contribution is 5.71. The number of amides is 1. The van der Waals surface area contributed by atoms with E-state index in [1.165, 1.54) is 0 Å². The normalized spacial score (nSPS) is 12.1. The molecule has 0 aliphatic heterocycles. The third kappa shape index (κ3) is 5.71. The van der Waals surface area contributed by atoms with Crippen molar-refractivity contribution in [3.8, 4) is 5.75 Å². The number of para-hydroxylation sites is 1. The summed E-state index contributed by atoms with van der Waals surface area (Å²) in [5, 5.41) is 2.90. The summed E-state index contributed by atoms with van der Waals surface area (Å²) in [5.74, 6) is 0.557. The number of carbonyl (C=O) groups excluding carboxylic acids is 1. The third-order valence-corrected chi connectivity index (χ3v) is 2.37. The highest BCUT2D eigenvalue weighted by Gasteiger charge is 2.27. The van der Waals surface area contributed by atoms with Gasteiger partial charge in [0.25, 0.3) is 0 Å². The van der Waals surface area contributed by atoms with Gasteiger partial charge in [0.15, 0.2) is 0 Å². The Kier molecular flexibility index (Phi) is 4.38. The van der Waals surface area contributed by atoms with E-state index in [0.29, 0.717) is 5.75 Å². The van der Waals surface area contributed by atoms with Gasteiger partial charge in [-0.2, -0.15) is 0 Å². The highest BCUT2D eigenvalue weighted by atomic mass is 16.6. The summed E-state index contributed by atoms with van der Waals surface area (Å²) in [4.78, 5) is 11.8. The van der Waals surface area contributed by atoms with Crippen LogP contribution in [0, 0.1) is 5.41 Å². The molecule has 1 aromatic rings. The van der Waals surface area contributed by atoms with E-state index in [4.69, 9.17) is 4.74 Å². The lowest BCUT2D eigenvalue weighted by atomic mass is 9.82. The van der Waals surface area contributed by atoms with Crippen molar-refractivity contribution in [1.82, 2.24) is 5.32 Å². The van der Waals surface area contributed by atoms with Crippen LogP contribution in [0.15, 0.2) is 30.3 Å². The zero-order chi connectivity index (χ0) is 13.8. The predicted octanol–water partition coefficient (Wildman–Crippen LogP) is 3.99. The van der Waals surface area contributed by atoms with Gasteiger partial charge in [-0.1, -0.05) is 39.0 Å². The second-order valence-electron chi connectivity index (χ2n) is 6.45. The first-order valence-corrected chi connectivity index (χ1v) is 6.23. The Bertz CT molecular complexity index is 391. The zero-order valence-electron chi connectivity index (χ0n) is 11.9. The van der Waals surface area contributed by atoms with Gasteiger partial charge >= 0.3 is 6.09 Å². The first-order chi connectivity index (χ1) is 8.18. The summed E-state index contributed by atoms with van der Waals surface area (Å²) < 4.78 is 5.21. The molecule has 0 aliphatic carbocycles. The Morgan fingerprint density at radius 1 is 1.11 bits per heavy atom. The molecule has 1 rings (SSSR count). The van der Waals surface area contributed by atoms with Crippen molar-refractivity contribution in [3.05, 3.63) is 30.3 Å². The molecule has 1 aromatic carbocycles. The molecule has 0 atom stereocenters. The molecule has 0 bridgehead atoms. The molecule has 1 amide bonds. The second kappa shape index (κ2) is 5.42. The fraction of sp³-hybridized carbons (Fsp3) is 0.533.